The third kappa shape index (κ3) is 2.60. The van der Waals surface area contributed by atoms with Crippen molar-refractivity contribution in [2.24, 2.45) is 5.92 Å². The summed E-state index contributed by atoms with van der Waals surface area (Å²) in [5, 5.41) is 0. The molecule has 0 spiro atoms. The van der Waals surface area contributed by atoms with Gasteiger partial charge in [0.25, 0.3) is 0 Å². The minimum absolute atomic E-state index is 0.0388. The Kier molecular flexibility index (Phi) is 4.18. The van der Waals surface area contributed by atoms with Crippen LogP contribution in [0, 0.1) is 5.92 Å². The molecule has 2 unspecified atom stereocenters. The predicted octanol–water partition coefficient (Wildman–Crippen LogP) is 3.07. The van der Waals surface area contributed by atoms with Crippen LogP contribution in [0.4, 0.5) is 0 Å². The van der Waals surface area contributed by atoms with Gasteiger partial charge in [0.15, 0.2) is 5.78 Å². The number of allylic oxidation sites excluding steroid dienone is 1. The summed E-state index contributed by atoms with van der Waals surface area (Å²) in [6, 6.07) is 0. The maximum absolute atomic E-state index is 11.6. The van der Waals surface area contributed by atoms with Gasteiger partial charge in [-0.1, -0.05) is 26.7 Å². The number of Topliss-reactive ketones (excluding diaryl/α,β-unsaturated/α-hetero) is 1. The zero-order valence-corrected chi connectivity index (χ0v) is 9.38. The molecule has 0 aromatic heterocycles. The van der Waals surface area contributed by atoms with Gasteiger partial charge in [-0.2, -0.15) is 0 Å². The Hall–Kier alpha value is -0.790. The van der Waals surface area contributed by atoms with Gasteiger partial charge in [0.2, 0.25) is 0 Å². The molecule has 0 aliphatic carbocycles. The first-order valence-electron chi connectivity index (χ1n) is 5.53. The number of ketones is 1. The number of carbonyl (C=O) groups excluding carboxylic acids is 1. The number of ether oxygens (including phenoxy) is 1. The van der Waals surface area contributed by atoms with E-state index in [1.54, 1.807) is 6.26 Å². The van der Waals surface area contributed by atoms with Crippen LogP contribution in [0.3, 0.4) is 0 Å². The molecule has 0 saturated heterocycles. The van der Waals surface area contributed by atoms with Crippen LogP contribution in [0.5, 0.6) is 0 Å². The SMILES string of the molecule is CCCCCC1OC=C(C)C(=O)C1C. The molecular weight excluding hydrogens is 176 g/mol. The van der Waals surface area contributed by atoms with Crippen LogP contribution in [0.1, 0.15) is 46.5 Å². The fourth-order valence-electron chi connectivity index (χ4n) is 1.81. The average molecular weight is 196 g/mol. The smallest absolute Gasteiger partial charge is 0.168 e. The molecule has 0 aromatic rings. The lowest BCUT2D eigenvalue weighted by Crippen LogP contribution is -2.31. The van der Waals surface area contributed by atoms with Crippen molar-refractivity contribution < 1.29 is 9.53 Å². The summed E-state index contributed by atoms with van der Waals surface area (Å²) in [5.74, 6) is 0.287. The molecule has 80 valence electrons. The van der Waals surface area contributed by atoms with E-state index in [0.717, 1.165) is 18.4 Å². The molecule has 0 N–H and O–H groups in total. The molecule has 0 bridgehead atoms. The van der Waals surface area contributed by atoms with Crippen LogP contribution in [0.25, 0.3) is 0 Å². The number of hydrogen-bond acceptors (Lipinski definition) is 2. The van der Waals surface area contributed by atoms with E-state index in [2.05, 4.69) is 6.92 Å². The maximum Gasteiger partial charge on any atom is 0.168 e. The van der Waals surface area contributed by atoms with Crippen molar-refractivity contribution >= 4 is 5.78 Å². The molecular formula is C12H20O2. The minimum atomic E-state index is 0.0388. The van der Waals surface area contributed by atoms with Gasteiger partial charge >= 0.3 is 0 Å². The van der Waals surface area contributed by atoms with Crippen LogP contribution in [0.2, 0.25) is 0 Å². The molecule has 0 aromatic carbocycles. The van der Waals surface area contributed by atoms with E-state index in [9.17, 15) is 4.79 Å². The number of hydrogen-bond donors (Lipinski definition) is 0. The summed E-state index contributed by atoms with van der Waals surface area (Å²) in [4.78, 5) is 11.6. The average Bonchev–Trinajstić information content (AvgIpc) is 2.18. The Balaban J connectivity index is 2.44. The molecule has 1 rings (SSSR count). The lowest BCUT2D eigenvalue weighted by Gasteiger charge is -2.27. The quantitative estimate of drug-likeness (QED) is 0.646. The summed E-state index contributed by atoms with van der Waals surface area (Å²) in [6.45, 7) is 5.97. The Morgan fingerprint density at radius 2 is 2.14 bits per heavy atom. The van der Waals surface area contributed by atoms with Gasteiger partial charge in [-0.25, -0.2) is 0 Å². The monoisotopic (exact) mass is 196 g/mol. The third-order valence-electron chi connectivity index (χ3n) is 2.87. The molecule has 0 radical (unpaired) electrons. The maximum atomic E-state index is 11.6. The number of carbonyl (C=O) groups is 1. The summed E-state index contributed by atoms with van der Waals surface area (Å²) in [6.07, 6.45) is 6.33. The van der Waals surface area contributed by atoms with Crippen LogP contribution in [-0.4, -0.2) is 11.9 Å². The van der Waals surface area contributed by atoms with Gasteiger partial charge in [0.1, 0.15) is 6.10 Å². The summed E-state index contributed by atoms with van der Waals surface area (Å²) >= 11 is 0. The van der Waals surface area contributed by atoms with E-state index >= 15 is 0 Å². The van der Waals surface area contributed by atoms with Crippen LogP contribution in [-0.2, 0) is 9.53 Å². The molecule has 2 heteroatoms. The molecule has 1 aliphatic rings. The zero-order chi connectivity index (χ0) is 10.6. The first-order chi connectivity index (χ1) is 6.66. The van der Waals surface area contributed by atoms with Crippen molar-refractivity contribution in [2.45, 2.75) is 52.6 Å². The number of rotatable bonds is 4. The van der Waals surface area contributed by atoms with Gasteiger partial charge in [0, 0.05) is 5.57 Å². The Morgan fingerprint density at radius 1 is 1.43 bits per heavy atom. The van der Waals surface area contributed by atoms with E-state index < -0.39 is 0 Å². The van der Waals surface area contributed by atoms with Crippen molar-refractivity contribution in [3.63, 3.8) is 0 Å². The van der Waals surface area contributed by atoms with Crippen molar-refractivity contribution in [3.05, 3.63) is 11.8 Å². The first-order valence-corrected chi connectivity index (χ1v) is 5.53. The van der Waals surface area contributed by atoms with E-state index in [1.807, 2.05) is 13.8 Å². The number of unbranched alkanes of at least 4 members (excludes halogenated alkanes) is 2. The lowest BCUT2D eigenvalue weighted by atomic mass is 9.90. The fourth-order valence-corrected chi connectivity index (χ4v) is 1.81. The normalized spacial score (nSPS) is 27.1. The fraction of sp³-hybridized carbons (Fsp3) is 0.750. The van der Waals surface area contributed by atoms with Crippen molar-refractivity contribution in [3.8, 4) is 0 Å². The highest BCUT2D eigenvalue weighted by Crippen LogP contribution is 2.23. The van der Waals surface area contributed by atoms with E-state index in [4.69, 9.17) is 4.74 Å². The van der Waals surface area contributed by atoms with Gasteiger partial charge in [-0.3, -0.25) is 4.79 Å². The van der Waals surface area contributed by atoms with E-state index in [0.29, 0.717) is 0 Å². The lowest BCUT2D eigenvalue weighted by molar-refractivity contribution is -0.124. The van der Waals surface area contributed by atoms with Crippen molar-refractivity contribution in [2.75, 3.05) is 0 Å². The molecule has 0 amide bonds. The Bertz CT molecular complexity index is 230. The summed E-state index contributed by atoms with van der Waals surface area (Å²) in [7, 11) is 0. The van der Waals surface area contributed by atoms with E-state index in [-0.39, 0.29) is 17.8 Å². The second-order valence-electron chi connectivity index (χ2n) is 4.12. The highest BCUT2D eigenvalue weighted by Gasteiger charge is 2.28. The summed E-state index contributed by atoms with van der Waals surface area (Å²) < 4.78 is 5.54. The van der Waals surface area contributed by atoms with Gasteiger partial charge < -0.3 is 4.74 Å². The molecule has 14 heavy (non-hydrogen) atoms. The first kappa shape index (κ1) is 11.3. The molecule has 0 saturated carbocycles. The second kappa shape index (κ2) is 5.18. The zero-order valence-electron chi connectivity index (χ0n) is 9.38. The van der Waals surface area contributed by atoms with Crippen molar-refractivity contribution in [1.82, 2.24) is 0 Å². The van der Waals surface area contributed by atoms with Gasteiger partial charge in [0.05, 0.1) is 12.2 Å². The predicted molar refractivity (Wildman–Crippen MR) is 56.9 cm³/mol. The molecule has 1 heterocycles. The standard InChI is InChI=1S/C12H20O2/c1-4-5-6-7-11-10(3)12(13)9(2)8-14-11/h8,10-11H,4-7H2,1-3H3. The molecule has 0 fully saturated rings. The topological polar surface area (TPSA) is 26.3 Å². The van der Waals surface area contributed by atoms with Crippen LogP contribution < -0.4 is 0 Å². The highest BCUT2D eigenvalue weighted by molar-refractivity contribution is 5.97. The van der Waals surface area contributed by atoms with Crippen molar-refractivity contribution in [1.29, 1.82) is 0 Å². The van der Waals surface area contributed by atoms with E-state index in [1.165, 1.54) is 12.8 Å². The minimum Gasteiger partial charge on any atom is -0.497 e. The summed E-state index contributed by atoms with van der Waals surface area (Å²) in [5.41, 5.74) is 0.754. The van der Waals surface area contributed by atoms with Gasteiger partial charge in [-0.15, -0.1) is 0 Å². The largest absolute Gasteiger partial charge is 0.497 e. The molecule has 2 nitrogen and oxygen atoms in total. The third-order valence-corrected chi connectivity index (χ3v) is 2.87. The van der Waals surface area contributed by atoms with Crippen LogP contribution in [0.15, 0.2) is 11.8 Å². The van der Waals surface area contributed by atoms with Gasteiger partial charge in [-0.05, 0) is 19.8 Å². The van der Waals surface area contributed by atoms with Crippen LogP contribution >= 0.6 is 0 Å². The molecule has 1 aliphatic heterocycles. The molecule has 2 atom stereocenters. The Labute approximate surface area is 86.3 Å². The highest BCUT2D eigenvalue weighted by atomic mass is 16.5. The Morgan fingerprint density at radius 3 is 2.79 bits per heavy atom. The second-order valence-corrected chi connectivity index (χ2v) is 4.12.